The molecule has 11 heteroatoms. The summed E-state index contributed by atoms with van der Waals surface area (Å²) in [6.07, 6.45) is 5.37. The van der Waals surface area contributed by atoms with Gasteiger partial charge in [0.2, 0.25) is 11.9 Å². The highest BCUT2D eigenvalue weighted by Crippen LogP contribution is 2.27. The van der Waals surface area contributed by atoms with Crippen molar-refractivity contribution in [3.63, 3.8) is 0 Å². The van der Waals surface area contributed by atoms with Gasteiger partial charge in [0, 0.05) is 24.6 Å². The molecule has 0 saturated carbocycles. The Kier molecular flexibility index (Phi) is 12.1. The molecule has 0 fully saturated rings. The number of carbonyl (C=O) groups excluding carboxylic acids is 1. The van der Waals surface area contributed by atoms with E-state index in [0.29, 0.717) is 17.9 Å². The molecule has 1 aromatic carbocycles. The maximum absolute atomic E-state index is 14.3. The first-order valence-corrected chi connectivity index (χ1v) is 10.6. The Morgan fingerprint density at radius 3 is 2.70 bits per heavy atom. The minimum atomic E-state index is -0.559. The zero-order valence-corrected chi connectivity index (χ0v) is 19.9. The summed E-state index contributed by atoms with van der Waals surface area (Å²) in [5.41, 5.74) is 6.54. The van der Waals surface area contributed by atoms with Crippen molar-refractivity contribution in [3.8, 4) is 0 Å². The molecule has 0 unspecified atom stereocenters. The van der Waals surface area contributed by atoms with E-state index in [-0.39, 0.29) is 22.5 Å². The number of aromatic nitrogens is 2. The Bertz CT molecular complexity index is 994. The van der Waals surface area contributed by atoms with Crippen molar-refractivity contribution in [2.45, 2.75) is 13.8 Å². The zero-order valence-electron chi connectivity index (χ0n) is 19.2. The highest BCUT2D eigenvalue weighted by atomic mass is 35.5. The van der Waals surface area contributed by atoms with E-state index >= 15 is 0 Å². The smallest absolute Gasteiger partial charge is 0.247 e. The van der Waals surface area contributed by atoms with Crippen LogP contribution < -0.4 is 21.7 Å². The number of carbonyl (C=O) groups is 1. The number of anilines is 4. The first-order valence-electron chi connectivity index (χ1n) is 10.2. The molecule has 0 radical (unpaired) electrons. The fraction of sp³-hybridized carbons (Fsp3) is 0.273. The van der Waals surface area contributed by atoms with Crippen LogP contribution in [-0.2, 0) is 4.79 Å². The molecule has 0 aliphatic heterocycles. The minimum Gasteiger partial charge on any atom is -0.403 e. The lowest BCUT2D eigenvalue weighted by atomic mass is 10.2. The number of aliphatic imine (C=N–C) groups is 1. The molecule has 1 aromatic heterocycles. The highest BCUT2D eigenvalue weighted by Gasteiger charge is 2.11. The first kappa shape index (κ1) is 27.5. The van der Waals surface area contributed by atoms with Gasteiger partial charge in [0.1, 0.15) is 10.8 Å². The molecule has 2 aromatic rings. The van der Waals surface area contributed by atoms with Gasteiger partial charge >= 0.3 is 0 Å². The van der Waals surface area contributed by atoms with Crippen LogP contribution in [0.15, 0.2) is 53.9 Å². The van der Waals surface area contributed by atoms with E-state index in [0.717, 1.165) is 12.6 Å². The van der Waals surface area contributed by atoms with Gasteiger partial charge in [-0.15, -0.1) is 0 Å². The van der Waals surface area contributed by atoms with Gasteiger partial charge < -0.3 is 26.6 Å². The lowest BCUT2D eigenvalue weighted by Crippen LogP contribution is -2.16. The second-order valence-corrected chi connectivity index (χ2v) is 6.90. The van der Waals surface area contributed by atoms with E-state index < -0.39 is 11.7 Å². The van der Waals surface area contributed by atoms with Gasteiger partial charge in [0.15, 0.2) is 5.82 Å². The standard InChI is InChI=1S/C20H24ClFN8O.C2H6/c1-4-18(31)26-13-5-6-16(22)17(9-13)28-19-15(21)12-25-20(29-19)27-14(10-23)11-24-7-8-30(2)3;1-2/h4-6,9-12H,1,7-8,23H2,2-3H3,(H,26,31)(H2,25,27,28,29);1-2H3/b14-10+,24-11?;. The van der Waals surface area contributed by atoms with Crippen LogP contribution in [0.25, 0.3) is 0 Å². The van der Waals surface area contributed by atoms with Crippen molar-refractivity contribution in [1.82, 2.24) is 14.9 Å². The second kappa shape index (κ2) is 14.5. The SMILES string of the molecule is C=CC(=O)Nc1ccc(F)c(Nc2nc(N/C(C=NCCN(C)C)=C/N)ncc2Cl)c1.CC. The number of likely N-dealkylation sites (N-methyl/N-ethyl adjacent to an activating group) is 1. The molecule has 0 saturated heterocycles. The van der Waals surface area contributed by atoms with Crippen LogP contribution in [0.5, 0.6) is 0 Å². The Balaban J connectivity index is 0.00000265. The molecule has 0 spiro atoms. The normalized spacial score (nSPS) is 11.1. The number of nitrogens with two attached hydrogens (primary N) is 1. The predicted octanol–water partition coefficient (Wildman–Crippen LogP) is 4.01. The van der Waals surface area contributed by atoms with Crippen molar-refractivity contribution in [2.24, 2.45) is 10.7 Å². The summed E-state index contributed by atoms with van der Waals surface area (Å²) >= 11 is 6.16. The molecule has 178 valence electrons. The lowest BCUT2D eigenvalue weighted by Gasteiger charge is -2.12. The summed E-state index contributed by atoms with van der Waals surface area (Å²) in [5.74, 6) is -0.640. The number of halogens is 2. The fourth-order valence-electron chi connectivity index (χ4n) is 2.20. The van der Waals surface area contributed by atoms with E-state index in [9.17, 15) is 9.18 Å². The second-order valence-electron chi connectivity index (χ2n) is 6.49. The number of hydrogen-bond acceptors (Lipinski definition) is 8. The van der Waals surface area contributed by atoms with Gasteiger partial charge in [-0.25, -0.2) is 9.37 Å². The third kappa shape index (κ3) is 9.67. The number of rotatable bonds is 10. The van der Waals surface area contributed by atoms with Crippen LogP contribution >= 0.6 is 11.6 Å². The molecular weight excluding hydrogens is 447 g/mol. The van der Waals surface area contributed by atoms with Crippen molar-refractivity contribution < 1.29 is 9.18 Å². The van der Waals surface area contributed by atoms with Gasteiger partial charge in [-0.2, -0.15) is 4.98 Å². The molecule has 0 aliphatic carbocycles. The van der Waals surface area contributed by atoms with E-state index in [2.05, 4.69) is 37.5 Å². The first-order chi connectivity index (χ1) is 15.8. The van der Waals surface area contributed by atoms with Crippen LogP contribution in [-0.4, -0.2) is 54.2 Å². The molecule has 0 bridgehead atoms. The third-order valence-corrected chi connectivity index (χ3v) is 4.04. The molecule has 9 nitrogen and oxygen atoms in total. The monoisotopic (exact) mass is 476 g/mol. The largest absolute Gasteiger partial charge is 0.403 e. The molecule has 1 amide bonds. The van der Waals surface area contributed by atoms with Crippen molar-refractivity contribution in [3.05, 3.63) is 59.8 Å². The van der Waals surface area contributed by atoms with Crippen molar-refractivity contribution >= 4 is 46.9 Å². The van der Waals surface area contributed by atoms with Gasteiger partial charge in [0.25, 0.3) is 0 Å². The summed E-state index contributed by atoms with van der Waals surface area (Å²) < 4.78 is 14.3. The molecule has 5 N–H and O–H groups in total. The van der Waals surface area contributed by atoms with E-state index in [1.807, 2.05) is 32.8 Å². The van der Waals surface area contributed by atoms with Crippen molar-refractivity contribution in [1.29, 1.82) is 0 Å². The molecule has 0 atom stereocenters. The number of allylic oxidation sites excluding steroid dienone is 1. The fourth-order valence-corrected chi connectivity index (χ4v) is 2.34. The number of benzene rings is 1. The lowest BCUT2D eigenvalue weighted by molar-refractivity contribution is -0.111. The average molecular weight is 477 g/mol. The molecule has 1 heterocycles. The highest BCUT2D eigenvalue weighted by molar-refractivity contribution is 6.32. The van der Waals surface area contributed by atoms with Crippen molar-refractivity contribution in [2.75, 3.05) is 43.1 Å². The molecule has 0 aliphatic rings. The Hall–Kier alpha value is -3.50. The number of hydrogen-bond donors (Lipinski definition) is 4. The van der Waals surface area contributed by atoms with Crippen LogP contribution in [0.1, 0.15) is 13.8 Å². The summed E-state index contributed by atoms with van der Waals surface area (Å²) in [6.45, 7) is 8.76. The maximum Gasteiger partial charge on any atom is 0.247 e. The topological polar surface area (TPSA) is 121 Å². The van der Waals surface area contributed by atoms with Crippen LogP contribution in [0.3, 0.4) is 0 Å². The summed E-state index contributed by atoms with van der Waals surface area (Å²) in [5, 5.41) is 8.45. The van der Waals surface area contributed by atoms with Gasteiger partial charge in [-0.1, -0.05) is 32.0 Å². The number of nitrogens with zero attached hydrogens (tertiary/aromatic N) is 4. The van der Waals surface area contributed by atoms with Gasteiger partial charge in [-0.05, 0) is 38.4 Å². The van der Waals surface area contributed by atoms with Crippen LogP contribution in [0.4, 0.5) is 27.5 Å². The quantitative estimate of drug-likeness (QED) is 0.302. The number of nitrogens with one attached hydrogen (secondary N) is 3. The summed E-state index contributed by atoms with van der Waals surface area (Å²) in [4.78, 5) is 26.1. The average Bonchev–Trinajstić information content (AvgIpc) is 2.81. The van der Waals surface area contributed by atoms with Crippen LogP contribution in [0.2, 0.25) is 5.02 Å². The van der Waals surface area contributed by atoms with E-state index in [1.165, 1.54) is 30.6 Å². The van der Waals surface area contributed by atoms with Gasteiger partial charge in [0.05, 0.1) is 24.1 Å². The number of amides is 1. The summed E-state index contributed by atoms with van der Waals surface area (Å²) in [7, 11) is 3.91. The Labute approximate surface area is 198 Å². The zero-order chi connectivity index (χ0) is 24.8. The molecule has 2 rings (SSSR count). The third-order valence-electron chi connectivity index (χ3n) is 3.76. The summed E-state index contributed by atoms with van der Waals surface area (Å²) in [6, 6.07) is 4.03. The van der Waals surface area contributed by atoms with E-state index in [4.69, 9.17) is 17.3 Å². The molecular formula is C22H30ClFN8O. The van der Waals surface area contributed by atoms with Gasteiger partial charge in [-0.3, -0.25) is 9.79 Å². The van der Waals surface area contributed by atoms with Crippen LogP contribution in [0, 0.1) is 5.82 Å². The maximum atomic E-state index is 14.3. The Morgan fingerprint density at radius 2 is 2.06 bits per heavy atom. The Morgan fingerprint density at radius 1 is 1.33 bits per heavy atom. The predicted molar refractivity (Wildman–Crippen MR) is 135 cm³/mol. The molecule has 33 heavy (non-hydrogen) atoms. The minimum absolute atomic E-state index is 0.0632. The van der Waals surface area contributed by atoms with E-state index in [1.54, 1.807) is 6.21 Å².